The van der Waals surface area contributed by atoms with E-state index in [0.29, 0.717) is 50.3 Å². The van der Waals surface area contributed by atoms with E-state index in [1.165, 1.54) is 12.1 Å². The van der Waals surface area contributed by atoms with Crippen LogP contribution in [-0.2, 0) is 0 Å². The quantitative estimate of drug-likeness (QED) is 0.350. The molecule has 0 bridgehead atoms. The fourth-order valence-corrected chi connectivity index (χ4v) is 4.51. The number of anilines is 2. The normalized spacial score (nSPS) is 10.8. The molecule has 0 aliphatic carbocycles. The molecule has 2 amide bonds. The van der Waals surface area contributed by atoms with Crippen LogP contribution in [0.5, 0.6) is 0 Å². The Morgan fingerprint density at radius 2 is 1.08 bits per heavy atom. The Hall–Kier alpha value is -4.72. The maximum atomic E-state index is 15.2. The van der Waals surface area contributed by atoms with E-state index in [4.69, 9.17) is 11.5 Å². The Bertz CT molecular complexity index is 1550. The Morgan fingerprint density at radius 1 is 0.605 bits per heavy atom. The Balaban J connectivity index is 2.10. The molecule has 194 valence electrons. The van der Waals surface area contributed by atoms with Crippen LogP contribution in [0.4, 0.5) is 20.2 Å². The lowest BCUT2D eigenvalue weighted by Crippen LogP contribution is -2.14. The zero-order chi connectivity index (χ0) is 27.7. The van der Waals surface area contributed by atoms with Crippen LogP contribution in [0.3, 0.4) is 0 Å². The van der Waals surface area contributed by atoms with E-state index in [0.717, 1.165) is 0 Å². The minimum Gasteiger partial charge on any atom is -0.375 e. The van der Waals surface area contributed by atoms with Crippen molar-refractivity contribution in [2.45, 2.75) is 0 Å². The number of amides is 2. The van der Waals surface area contributed by atoms with Gasteiger partial charge in [0.15, 0.2) is 0 Å². The van der Waals surface area contributed by atoms with E-state index in [-0.39, 0.29) is 5.56 Å². The van der Waals surface area contributed by atoms with Crippen molar-refractivity contribution in [3.8, 4) is 33.4 Å². The molecule has 0 aromatic heterocycles. The molecule has 4 N–H and O–H groups in total. The van der Waals surface area contributed by atoms with Crippen LogP contribution in [0.2, 0.25) is 0 Å². The van der Waals surface area contributed by atoms with Gasteiger partial charge >= 0.3 is 0 Å². The lowest BCUT2D eigenvalue weighted by atomic mass is 9.84. The van der Waals surface area contributed by atoms with E-state index in [1.807, 2.05) is 0 Å². The van der Waals surface area contributed by atoms with Gasteiger partial charge in [0.25, 0.3) is 0 Å². The molecule has 8 heteroatoms. The molecule has 0 spiro atoms. The van der Waals surface area contributed by atoms with Crippen LogP contribution >= 0.6 is 0 Å². The van der Waals surface area contributed by atoms with Crippen LogP contribution in [0, 0.1) is 11.6 Å². The molecule has 0 fully saturated rings. The van der Waals surface area contributed by atoms with Crippen LogP contribution < -0.4 is 21.3 Å². The van der Waals surface area contributed by atoms with Crippen molar-refractivity contribution in [3.63, 3.8) is 0 Å². The first-order valence-electron chi connectivity index (χ1n) is 11.8. The van der Waals surface area contributed by atoms with Gasteiger partial charge in [-0.15, -0.1) is 0 Å². The van der Waals surface area contributed by atoms with Gasteiger partial charge in [-0.3, -0.25) is 9.59 Å². The van der Waals surface area contributed by atoms with Crippen molar-refractivity contribution in [1.29, 1.82) is 0 Å². The van der Waals surface area contributed by atoms with E-state index < -0.39 is 23.4 Å². The molecule has 0 saturated heterocycles. The van der Waals surface area contributed by atoms with Crippen LogP contribution in [0.25, 0.3) is 33.4 Å². The number of nitrogens with zero attached hydrogens (tertiary/aromatic N) is 2. The van der Waals surface area contributed by atoms with Gasteiger partial charge in [-0.1, -0.05) is 30.3 Å². The fourth-order valence-electron chi connectivity index (χ4n) is 4.51. The lowest BCUT2D eigenvalue weighted by Gasteiger charge is -2.21. The molecule has 4 rings (SSSR count). The molecule has 0 saturated carbocycles. The molecule has 38 heavy (non-hydrogen) atoms. The average molecular weight is 515 g/mol. The minimum absolute atomic E-state index is 0.159. The first-order valence-corrected chi connectivity index (χ1v) is 11.8. The summed E-state index contributed by atoms with van der Waals surface area (Å²) in [6, 6.07) is 19.3. The van der Waals surface area contributed by atoms with Gasteiger partial charge in [-0.25, -0.2) is 8.78 Å². The van der Waals surface area contributed by atoms with Gasteiger partial charge in [-0.2, -0.15) is 0 Å². The predicted octanol–water partition coefficient (Wildman–Crippen LogP) is 5.30. The van der Waals surface area contributed by atoms with E-state index in [9.17, 15) is 9.59 Å². The van der Waals surface area contributed by atoms with Crippen molar-refractivity contribution in [2.24, 2.45) is 11.5 Å². The van der Waals surface area contributed by atoms with Gasteiger partial charge in [0.2, 0.25) is 11.8 Å². The molecular weight excluding hydrogens is 486 g/mol. The zero-order valence-electron chi connectivity index (χ0n) is 21.5. The highest BCUT2D eigenvalue weighted by molar-refractivity contribution is 6.07. The number of hydrogen-bond acceptors (Lipinski definition) is 4. The Kier molecular flexibility index (Phi) is 7.17. The van der Waals surface area contributed by atoms with Gasteiger partial charge < -0.3 is 21.3 Å². The summed E-state index contributed by atoms with van der Waals surface area (Å²) in [5.74, 6) is -2.23. The predicted molar refractivity (Wildman–Crippen MR) is 148 cm³/mol. The molecule has 4 aromatic rings. The van der Waals surface area contributed by atoms with Crippen molar-refractivity contribution in [3.05, 3.63) is 95.6 Å². The summed E-state index contributed by atoms with van der Waals surface area (Å²) >= 11 is 0. The number of hydrogen-bond donors (Lipinski definition) is 2. The highest BCUT2D eigenvalue weighted by atomic mass is 19.1. The third-order valence-corrected chi connectivity index (χ3v) is 6.39. The lowest BCUT2D eigenvalue weighted by molar-refractivity contribution is 0.0992. The zero-order valence-corrected chi connectivity index (χ0v) is 21.5. The van der Waals surface area contributed by atoms with Gasteiger partial charge in [0, 0.05) is 44.9 Å². The molecule has 0 radical (unpaired) electrons. The maximum absolute atomic E-state index is 15.2. The Morgan fingerprint density at radius 3 is 1.50 bits per heavy atom. The fraction of sp³-hybridized carbons (Fsp3) is 0.133. The third-order valence-electron chi connectivity index (χ3n) is 6.39. The maximum Gasteiger partial charge on any atom is 0.249 e. The largest absolute Gasteiger partial charge is 0.375 e. The van der Waals surface area contributed by atoms with E-state index >= 15 is 8.78 Å². The summed E-state index contributed by atoms with van der Waals surface area (Å²) in [5, 5.41) is 0. The highest BCUT2D eigenvalue weighted by Crippen LogP contribution is 2.43. The van der Waals surface area contributed by atoms with Crippen molar-refractivity contribution in [1.82, 2.24) is 0 Å². The second-order valence-corrected chi connectivity index (χ2v) is 9.34. The van der Waals surface area contributed by atoms with Crippen molar-refractivity contribution >= 4 is 23.2 Å². The topological polar surface area (TPSA) is 92.7 Å². The Labute approximate surface area is 220 Å². The number of benzene rings is 4. The number of rotatable bonds is 7. The van der Waals surface area contributed by atoms with E-state index in [2.05, 4.69) is 0 Å². The van der Waals surface area contributed by atoms with Gasteiger partial charge in [0.1, 0.15) is 11.6 Å². The summed E-state index contributed by atoms with van der Waals surface area (Å²) in [6.45, 7) is 0. The minimum atomic E-state index is -0.709. The number of carbonyl (C=O) groups is 2. The summed E-state index contributed by atoms with van der Waals surface area (Å²) in [4.78, 5) is 27.5. The smallest absolute Gasteiger partial charge is 0.249 e. The average Bonchev–Trinajstić information content (AvgIpc) is 2.87. The van der Waals surface area contributed by atoms with Crippen molar-refractivity contribution in [2.75, 3.05) is 38.0 Å². The summed E-state index contributed by atoms with van der Waals surface area (Å²) in [5.41, 5.74) is 15.5. The summed E-state index contributed by atoms with van der Waals surface area (Å²) in [6.07, 6.45) is 0. The monoisotopic (exact) mass is 514 g/mol. The molecular formula is C30H28F2N4O2. The third kappa shape index (κ3) is 4.93. The molecule has 0 aliphatic rings. The van der Waals surface area contributed by atoms with Gasteiger partial charge in [0.05, 0.1) is 11.4 Å². The second-order valence-electron chi connectivity index (χ2n) is 9.34. The first-order chi connectivity index (χ1) is 18.0. The molecule has 0 aliphatic heterocycles. The van der Waals surface area contributed by atoms with Gasteiger partial charge in [-0.05, 0) is 70.3 Å². The number of primary amides is 2. The summed E-state index contributed by atoms with van der Waals surface area (Å²) in [7, 11) is 6.92. The number of nitrogens with two attached hydrogens (primary N) is 2. The molecule has 0 atom stereocenters. The second kappa shape index (κ2) is 10.3. The molecule has 6 nitrogen and oxygen atoms in total. The standard InChI is InChI=1S/C30H28F2N4O2/c1-35(2)25-13-9-19(15-23(25)31)27-21(17-5-7-18(8-6-17)29(33)37)11-12-22(30(34)38)28(27)20-10-14-26(36(3)4)24(32)16-20/h5-16H,1-4H3,(H2,33,37)(H2,34,38). The molecule has 0 unspecified atom stereocenters. The number of carbonyl (C=O) groups excluding carboxylic acids is 2. The highest BCUT2D eigenvalue weighted by Gasteiger charge is 2.23. The number of halogens is 2. The van der Waals surface area contributed by atoms with Crippen LogP contribution in [-0.4, -0.2) is 40.0 Å². The molecule has 4 aromatic carbocycles. The first kappa shape index (κ1) is 26.3. The van der Waals surface area contributed by atoms with Crippen LogP contribution in [0.1, 0.15) is 20.7 Å². The van der Waals surface area contributed by atoms with Crippen molar-refractivity contribution < 1.29 is 18.4 Å². The molecule has 0 heterocycles. The van der Waals surface area contributed by atoms with Crippen LogP contribution in [0.15, 0.2) is 72.8 Å². The van der Waals surface area contributed by atoms with E-state index in [1.54, 1.807) is 98.7 Å². The SMILES string of the molecule is CN(C)c1ccc(-c2c(C(N)=O)ccc(-c3ccc(C(N)=O)cc3)c2-c2ccc(N(C)C)c(F)c2)cc1F. The summed E-state index contributed by atoms with van der Waals surface area (Å²) < 4.78 is 30.3.